The van der Waals surface area contributed by atoms with Crippen LogP contribution in [0.25, 0.3) is 0 Å². The standard InChI is InChI=1S/C13H13BrN2S/c14-10-5-3-9(4-6-10)11-12(17)16-13(15-11)7-1-2-8-13/h3-6H,1-2,7-8H2,(H,16,17). The zero-order valence-corrected chi connectivity index (χ0v) is 11.8. The number of aliphatic imine (C=N–C) groups is 1. The van der Waals surface area contributed by atoms with Crippen molar-refractivity contribution in [3.63, 3.8) is 0 Å². The predicted octanol–water partition coefficient (Wildman–Crippen LogP) is 3.44. The zero-order valence-electron chi connectivity index (χ0n) is 9.37. The first-order chi connectivity index (χ1) is 8.19. The van der Waals surface area contributed by atoms with Crippen LogP contribution in [-0.4, -0.2) is 16.4 Å². The van der Waals surface area contributed by atoms with Crippen molar-refractivity contribution in [1.82, 2.24) is 5.32 Å². The van der Waals surface area contributed by atoms with E-state index in [1.807, 2.05) is 12.1 Å². The van der Waals surface area contributed by atoms with Gasteiger partial charge in [0.1, 0.15) is 16.4 Å². The van der Waals surface area contributed by atoms with E-state index < -0.39 is 0 Å². The van der Waals surface area contributed by atoms with Gasteiger partial charge < -0.3 is 5.32 Å². The van der Waals surface area contributed by atoms with Crippen LogP contribution in [0.3, 0.4) is 0 Å². The second-order valence-corrected chi connectivity index (χ2v) is 5.98. The molecule has 2 nitrogen and oxygen atoms in total. The van der Waals surface area contributed by atoms with Crippen molar-refractivity contribution in [2.75, 3.05) is 0 Å². The molecule has 1 aromatic carbocycles. The summed E-state index contributed by atoms with van der Waals surface area (Å²) in [5, 5.41) is 3.41. The third-order valence-electron chi connectivity index (χ3n) is 3.44. The molecule has 1 N–H and O–H groups in total. The Hall–Kier alpha value is -0.740. The quantitative estimate of drug-likeness (QED) is 0.804. The molecule has 1 fully saturated rings. The van der Waals surface area contributed by atoms with Gasteiger partial charge in [-0.15, -0.1) is 0 Å². The van der Waals surface area contributed by atoms with Crippen LogP contribution in [0.4, 0.5) is 0 Å². The molecular weight excluding hydrogens is 296 g/mol. The van der Waals surface area contributed by atoms with E-state index in [1.54, 1.807) is 0 Å². The molecule has 0 atom stereocenters. The molecule has 0 aromatic heterocycles. The lowest BCUT2D eigenvalue weighted by atomic mass is 10.1. The van der Waals surface area contributed by atoms with Crippen molar-refractivity contribution < 1.29 is 0 Å². The zero-order chi connectivity index (χ0) is 11.9. The summed E-state index contributed by atoms with van der Waals surface area (Å²) in [4.78, 5) is 5.65. The fourth-order valence-electron chi connectivity index (χ4n) is 2.56. The summed E-state index contributed by atoms with van der Waals surface area (Å²) in [6.45, 7) is 0. The lowest BCUT2D eigenvalue weighted by molar-refractivity contribution is 0.426. The van der Waals surface area contributed by atoms with E-state index in [4.69, 9.17) is 17.2 Å². The highest BCUT2D eigenvalue weighted by molar-refractivity contribution is 9.10. The van der Waals surface area contributed by atoms with E-state index >= 15 is 0 Å². The first kappa shape index (κ1) is 11.4. The van der Waals surface area contributed by atoms with Gasteiger partial charge in [0.2, 0.25) is 0 Å². The molecule has 1 spiro atoms. The third kappa shape index (κ3) is 2.04. The minimum Gasteiger partial charge on any atom is -0.351 e. The van der Waals surface area contributed by atoms with E-state index in [2.05, 4.69) is 33.4 Å². The molecule has 0 bridgehead atoms. The lowest BCUT2D eigenvalue weighted by Gasteiger charge is -2.19. The molecular formula is C13H13BrN2S. The van der Waals surface area contributed by atoms with Gasteiger partial charge in [-0.25, -0.2) is 0 Å². The maximum absolute atomic E-state index is 5.41. The Kier molecular flexibility index (Phi) is 2.79. The van der Waals surface area contributed by atoms with Gasteiger partial charge in [0, 0.05) is 10.0 Å². The van der Waals surface area contributed by atoms with Gasteiger partial charge in [-0.05, 0) is 37.8 Å². The first-order valence-electron chi connectivity index (χ1n) is 5.87. The summed E-state index contributed by atoms with van der Waals surface area (Å²) in [6.07, 6.45) is 4.69. The normalized spacial score (nSPS) is 21.7. The van der Waals surface area contributed by atoms with Gasteiger partial charge in [0.15, 0.2) is 0 Å². The van der Waals surface area contributed by atoms with Crippen molar-refractivity contribution in [2.45, 2.75) is 31.3 Å². The van der Waals surface area contributed by atoms with E-state index in [-0.39, 0.29) is 5.66 Å². The average molecular weight is 309 g/mol. The van der Waals surface area contributed by atoms with Gasteiger partial charge in [0.25, 0.3) is 0 Å². The van der Waals surface area contributed by atoms with E-state index in [9.17, 15) is 0 Å². The number of hydrogen-bond acceptors (Lipinski definition) is 2. The second-order valence-electron chi connectivity index (χ2n) is 4.66. The first-order valence-corrected chi connectivity index (χ1v) is 7.07. The number of benzene rings is 1. The van der Waals surface area contributed by atoms with E-state index in [0.29, 0.717) is 0 Å². The minimum atomic E-state index is -0.0838. The van der Waals surface area contributed by atoms with Crippen molar-refractivity contribution in [3.05, 3.63) is 34.3 Å². The molecule has 3 rings (SSSR count). The van der Waals surface area contributed by atoms with Gasteiger partial charge >= 0.3 is 0 Å². The van der Waals surface area contributed by atoms with Crippen molar-refractivity contribution in [1.29, 1.82) is 0 Å². The fraction of sp³-hybridized carbons (Fsp3) is 0.385. The molecule has 1 aliphatic heterocycles. The minimum absolute atomic E-state index is 0.0838. The number of thiocarbonyl (C=S) groups is 1. The SMILES string of the molecule is S=C1NC2(CCCC2)N=C1c1ccc(Br)cc1. The summed E-state index contributed by atoms with van der Waals surface area (Å²) in [5.41, 5.74) is 1.98. The molecule has 0 unspecified atom stereocenters. The molecule has 4 heteroatoms. The molecule has 1 aromatic rings. The van der Waals surface area contributed by atoms with Crippen LogP contribution in [0, 0.1) is 0 Å². The Morgan fingerprint density at radius 2 is 1.82 bits per heavy atom. The Labute approximate surface area is 115 Å². The van der Waals surface area contributed by atoms with Crippen molar-refractivity contribution in [2.24, 2.45) is 4.99 Å². The summed E-state index contributed by atoms with van der Waals surface area (Å²) in [6, 6.07) is 8.18. The number of halogens is 1. The number of nitrogens with one attached hydrogen (secondary N) is 1. The Morgan fingerprint density at radius 1 is 1.18 bits per heavy atom. The van der Waals surface area contributed by atoms with Crippen LogP contribution in [0.1, 0.15) is 31.2 Å². The molecule has 88 valence electrons. The summed E-state index contributed by atoms with van der Waals surface area (Å²) >= 11 is 8.85. The molecule has 1 aliphatic carbocycles. The Balaban J connectivity index is 1.97. The van der Waals surface area contributed by atoms with Gasteiger partial charge in [-0.2, -0.15) is 0 Å². The van der Waals surface area contributed by atoms with Crippen LogP contribution in [-0.2, 0) is 0 Å². The number of nitrogens with zero attached hydrogens (tertiary/aromatic N) is 1. The Bertz CT molecular complexity index is 487. The molecule has 0 saturated heterocycles. The maximum Gasteiger partial charge on any atom is 0.131 e. The molecule has 2 aliphatic rings. The van der Waals surface area contributed by atoms with Crippen LogP contribution in [0.15, 0.2) is 33.7 Å². The second kappa shape index (κ2) is 4.18. The Morgan fingerprint density at radius 3 is 2.47 bits per heavy atom. The molecule has 0 amide bonds. The van der Waals surface area contributed by atoms with E-state index in [0.717, 1.165) is 33.6 Å². The van der Waals surface area contributed by atoms with Gasteiger partial charge in [0.05, 0.1) is 0 Å². The van der Waals surface area contributed by atoms with Crippen molar-refractivity contribution in [3.8, 4) is 0 Å². The monoisotopic (exact) mass is 308 g/mol. The molecule has 0 radical (unpaired) electrons. The topological polar surface area (TPSA) is 24.4 Å². The van der Waals surface area contributed by atoms with Crippen LogP contribution in [0.2, 0.25) is 0 Å². The van der Waals surface area contributed by atoms with Crippen LogP contribution < -0.4 is 5.32 Å². The molecule has 17 heavy (non-hydrogen) atoms. The van der Waals surface area contributed by atoms with Gasteiger partial charge in [-0.1, -0.05) is 40.3 Å². The van der Waals surface area contributed by atoms with Crippen molar-refractivity contribution >= 4 is 38.8 Å². The van der Waals surface area contributed by atoms with Crippen LogP contribution in [0.5, 0.6) is 0 Å². The van der Waals surface area contributed by atoms with Gasteiger partial charge in [-0.3, -0.25) is 4.99 Å². The lowest BCUT2D eigenvalue weighted by Crippen LogP contribution is -2.39. The molecule has 1 heterocycles. The highest BCUT2D eigenvalue weighted by Crippen LogP contribution is 2.34. The highest BCUT2D eigenvalue weighted by atomic mass is 79.9. The average Bonchev–Trinajstić information content (AvgIpc) is 2.88. The summed E-state index contributed by atoms with van der Waals surface area (Å²) in [5.74, 6) is 0. The molecule has 1 saturated carbocycles. The smallest absolute Gasteiger partial charge is 0.131 e. The predicted molar refractivity (Wildman–Crippen MR) is 77.6 cm³/mol. The fourth-order valence-corrected chi connectivity index (χ4v) is 3.18. The number of rotatable bonds is 1. The van der Waals surface area contributed by atoms with E-state index in [1.165, 1.54) is 12.8 Å². The number of hydrogen-bond donors (Lipinski definition) is 1. The third-order valence-corrected chi connectivity index (χ3v) is 4.26. The van der Waals surface area contributed by atoms with Crippen LogP contribution >= 0.6 is 28.1 Å². The largest absolute Gasteiger partial charge is 0.351 e. The summed E-state index contributed by atoms with van der Waals surface area (Å²) in [7, 11) is 0. The summed E-state index contributed by atoms with van der Waals surface area (Å²) < 4.78 is 1.08. The highest BCUT2D eigenvalue weighted by Gasteiger charge is 2.39. The maximum atomic E-state index is 5.41.